The van der Waals surface area contributed by atoms with Crippen LogP contribution in [0.15, 0.2) is 36.5 Å². The van der Waals surface area contributed by atoms with Crippen LogP contribution in [0.3, 0.4) is 0 Å². The molecule has 23 heavy (non-hydrogen) atoms. The predicted octanol–water partition coefficient (Wildman–Crippen LogP) is 4.40. The van der Waals surface area contributed by atoms with E-state index in [1.165, 1.54) is 0 Å². The number of para-hydroxylation sites is 1. The van der Waals surface area contributed by atoms with Crippen LogP contribution in [0.25, 0.3) is 10.9 Å². The van der Waals surface area contributed by atoms with Crippen LogP contribution in [0, 0.1) is 5.92 Å². The van der Waals surface area contributed by atoms with Crippen LogP contribution in [0.5, 0.6) is 0 Å². The first-order valence-electron chi connectivity index (χ1n) is 8.61. The lowest BCUT2D eigenvalue weighted by Gasteiger charge is -2.22. The van der Waals surface area contributed by atoms with Crippen LogP contribution in [-0.2, 0) is 11.2 Å². The third-order valence-corrected chi connectivity index (χ3v) is 3.53. The van der Waals surface area contributed by atoms with Crippen LogP contribution in [0.2, 0.25) is 0 Å². The van der Waals surface area contributed by atoms with E-state index in [-0.39, 0.29) is 23.8 Å². The molecule has 3 heteroatoms. The first-order valence-corrected chi connectivity index (χ1v) is 8.61. The molecule has 1 atom stereocenters. The highest BCUT2D eigenvalue weighted by Gasteiger charge is 2.22. The van der Waals surface area contributed by atoms with E-state index < -0.39 is 0 Å². The summed E-state index contributed by atoms with van der Waals surface area (Å²) in [7, 11) is 0. The monoisotopic (exact) mass is 314 g/mol. The molecule has 1 heterocycles. The number of hydrogen-bond donors (Lipinski definition) is 1. The number of fused-ring (bicyclic) bond motifs is 1. The van der Waals surface area contributed by atoms with Crippen molar-refractivity contribution in [1.82, 2.24) is 10.3 Å². The van der Waals surface area contributed by atoms with Crippen molar-refractivity contribution < 1.29 is 4.79 Å². The minimum atomic E-state index is -0.145. The van der Waals surface area contributed by atoms with Crippen LogP contribution >= 0.6 is 0 Å². The number of hydrogen-bond acceptors (Lipinski definition) is 3. The van der Waals surface area contributed by atoms with Crippen LogP contribution in [-0.4, -0.2) is 22.9 Å². The fourth-order valence-electron chi connectivity index (χ4n) is 2.51. The Kier molecular flexibility index (Phi) is 7.90. The first-order chi connectivity index (χ1) is 11.0. The zero-order valence-corrected chi connectivity index (χ0v) is 15.3. The second kappa shape index (κ2) is 9.41. The molecule has 126 valence electrons. The van der Waals surface area contributed by atoms with E-state index in [4.69, 9.17) is 0 Å². The molecule has 0 aliphatic rings. The van der Waals surface area contributed by atoms with E-state index in [9.17, 15) is 4.79 Å². The van der Waals surface area contributed by atoms with Gasteiger partial charge in [0.25, 0.3) is 0 Å². The summed E-state index contributed by atoms with van der Waals surface area (Å²) in [4.78, 5) is 16.8. The number of nitrogens with one attached hydrogen (secondary N) is 1. The fourth-order valence-corrected chi connectivity index (χ4v) is 2.51. The van der Waals surface area contributed by atoms with Crippen molar-refractivity contribution >= 4 is 16.7 Å². The zero-order valence-electron chi connectivity index (χ0n) is 15.3. The summed E-state index contributed by atoms with van der Waals surface area (Å²) in [5, 5.41) is 4.50. The summed E-state index contributed by atoms with van der Waals surface area (Å²) in [6.07, 6.45) is 2.57. The van der Waals surface area contributed by atoms with Crippen LogP contribution in [0.1, 0.15) is 47.1 Å². The van der Waals surface area contributed by atoms with Gasteiger partial charge in [-0.2, -0.15) is 0 Å². The van der Waals surface area contributed by atoms with Gasteiger partial charge in [-0.25, -0.2) is 0 Å². The molecule has 1 N–H and O–H groups in total. The molecule has 3 nitrogen and oxygen atoms in total. The lowest BCUT2D eigenvalue weighted by atomic mass is 9.95. The third kappa shape index (κ3) is 5.76. The topological polar surface area (TPSA) is 42.0 Å². The highest BCUT2D eigenvalue weighted by molar-refractivity contribution is 5.86. The van der Waals surface area contributed by atoms with Gasteiger partial charge in [0.1, 0.15) is 0 Å². The zero-order chi connectivity index (χ0) is 17.4. The number of Topliss-reactive ketones (excluding diaryl/α,β-unsaturated/α-hetero) is 1. The standard InChI is InChI=1S/C18H24N2O.C2H6/c1-12(2)18(21)17(20-13(3)4)10-14-9-15-7-5-6-8-16(15)19-11-14;1-2/h5-9,11-13,17,20H,10H2,1-4H3;1-2H3. The number of benzene rings is 1. The van der Waals surface area contributed by atoms with Gasteiger partial charge in [-0.15, -0.1) is 0 Å². The highest BCUT2D eigenvalue weighted by Crippen LogP contribution is 2.15. The van der Waals surface area contributed by atoms with E-state index in [1.54, 1.807) is 0 Å². The number of carbonyl (C=O) groups excluding carboxylic acids is 1. The van der Waals surface area contributed by atoms with Gasteiger partial charge in [0.05, 0.1) is 11.6 Å². The highest BCUT2D eigenvalue weighted by atomic mass is 16.1. The minimum Gasteiger partial charge on any atom is -0.305 e. The van der Waals surface area contributed by atoms with Gasteiger partial charge in [0.2, 0.25) is 0 Å². The van der Waals surface area contributed by atoms with Crippen molar-refractivity contribution in [3.05, 3.63) is 42.1 Å². The van der Waals surface area contributed by atoms with E-state index in [1.807, 2.05) is 52.1 Å². The Balaban J connectivity index is 0.00000127. The van der Waals surface area contributed by atoms with Crippen molar-refractivity contribution in [2.24, 2.45) is 5.92 Å². The Hall–Kier alpha value is -1.74. The SMILES string of the molecule is CC.CC(C)NC(Cc1cnc2ccccc2c1)C(=O)C(C)C. The van der Waals surface area contributed by atoms with Gasteiger partial charge < -0.3 is 5.32 Å². The average molecular weight is 314 g/mol. The Morgan fingerprint density at radius 3 is 2.39 bits per heavy atom. The molecule has 1 aromatic heterocycles. The Bertz CT molecular complexity index is 620. The lowest BCUT2D eigenvalue weighted by Crippen LogP contribution is -2.44. The van der Waals surface area contributed by atoms with E-state index in [0.717, 1.165) is 16.5 Å². The Morgan fingerprint density at radius 1 is 1.13 bits per heavy atom. The van der Waals surface area contributed by atoms with Gasteiger partial charge in [0.15, 0.2) is 5.78 Å². The van der Waals surface area contributed by atoms with Crippen molar-refractivity contribution in [3.63, 3.8) is 0 Å². The molecular formula is C20H30N2O. The molecule has 0 amide bonds. The third-order valence-electron chi connectivity index (χ3n) is 3.53. The molecule has 1 unspecified atom stereocenters. The number of pyridine rings is 1. The largest absolute Gasteiger partial charge is 0.305 e. The van der Waals surface area contributed by atoms with Crippen molar-refractivity contribution in [2.45, 2.75) is 60.0 Å². The smallest absolute Gasteiger partial charge is 0.152 e. The molecule has 1 aromatic carbocycles. The second-order valence-electron chi connectivity index (χ2n) is 6.17. The molecule has 0 saturated heterocycles. The fraction of sp³-hybridized carbons (Fsp3) is 0.500. The van der Waals surface area contributed by atoms with Crippen LogP contribution < -0.4 is 5.32 Å². The summed E-state index contributed by atoms with van der Waals surface area (Å²) in [5.74, 6) is 0.298. The molecule has 0 fully saturated rings. The molecule has 0 aliphatic carbocycles. The molecule has 2 aromatic rings. The van der Waals surface area contributed by atoms with Gasteiger partial charge in [0, 0.05) is 23.5 Å². The van der Waals surface area contributed by atoms with Gasteiger partial charge in [-0.1, -0.05) is 59.7 Å². The molecule has 0 aliphatic heterocycles. The maximum absolute atomic E-state index is 12.4. The van der Waals surface area contributed by atoms with Crippen molar-refractivity contribution in [2.75, 3.05) is 0 Å². The lowest BCUT2D eigenvalue weighted by molar-refractivity contribution is -0.124. The average Bonchev–Trinajstić information content (AvgIpc) is 2.54. The van der Waals surface area contributed by atoms with E-state index >= 15 is 0 Å². The van der Waals surface area contributed by atoms with Gasteiger partial charge in [-0.05, 0) is 24.1 Å². The number of ketones is 1. The predicted molar refractivity (Wildman–Crippen MR) is 98.7 cm³/mol. The number of carbonyl (C=O) groups is 1. The van der Waals surface area contributed by atoms with E-state index in [0.29, 0.717) is 6.42 Å². The summed E-state index contributed by atoms with van der Waals surface area (Å²) < 4.78 is 0. The molecule has 0 saturated carbocycles. The number of rotatable bonds is 6. The number of nitrogens with zero attached hydrogens (tertiary/aromatic N) is 1. The summed E-state index contributed by atoms with van der Waals surface area (Å²) in [5.41, 5.74) is 2.09. The minimum absolute atomic E-state index is 0.0367. The van der Waals surface area contributed by atoms with Crippen molar-refractivity contribution in [3.8, 4) is 0 Å². The van der Waals surface area contributed by atoms with Crippen LogP contribution in [0.4, 0.5) is 0 Å². The second-order valence-corrected chi connectivity index (χ2v) is 6.17. The first kappa shape index (κ1) is 19.3. The molecular weight excluding hydrogens is 284 g/mol. The quantitative estimate of drug-likeness (QED) is 0.859. The Morgan fingerprint density at radius 2 is 1.78 bits per heavy atom. The maximum atomic E-state index is 12.4. The summed E-state index contributed by atoms with van der Waals surface area (Å²) >= 11 is 0. The molecule has 0 bridgehead atoms. The summed E-state index contributed by atoms with van der Waals surface area (Å²) in [6, 6.07) is 10.3. The normalized spacial score (nSPS) is 12.2. The van der Waals surface area contributed by atoms with Gasteiger partial charge in [-0.3, -0.25) is 9.78 Å². The van der Waals surface area contributed by atoms with E-state index in [2.05, 4.69) is 36.3 Å². The molecule has 0 spiro atoms. The van der Waals surface area contributed by atoms with Crippen molar-refractivity contribution in [1.29, 1.82) is 0 Å². The molecule has 0 radical (unpaired) electrons. The number of aromatic nitrogens is 1. The summed E-state index contributed by atoms with van der Waals surface area (Å²) in [6.45, 7) is 12.0. The van der Waals surface area contributed by atoms with Gasteiger partial charge >= 0.3 is 0 Å². The maximum Gasteiger partial charge on any atom is 0.152 e. The Labute approximate surface area is 140 Å². The molecule has 2 rings (SSSR count).